The number of hydrogen-bond acceptors (Lipinski definition) is 5. The second-order valence-electron chi connectivity index (χ2n) is 8.71. The van der Waals surface area contributed by atoms with E-state index in [0.29, 0.717) is 22.9 Å². The van der Waals surface area contributed by atoms with Crippen LogP contribution in [-0.4, -0.2) is 29.7 Å². The van der Waals surface area contributed by atoms with Crippen LogP contribution < -0.4 is 15.4 Å². The topological polar surface area (TPSA) is 76.7 Å². The molecule has 0 spiro atoms. The highest BCUT2D eigenvalue weighted by molar-refractivity contribution is 7.80. The first-order valence-corrected chi connectivity index (χ1v) is 11.9. The van der Waals surface area contributed by atoms with Gasteiger partial charge >= 0.3 is 5.97 Å². The van der Waals surface area contributed by atoms with Crippen LogP contribution in [0.5, 0.6) is 5.75 Å². The highest BCUT2D eigenvalue weighted by Crippen LogP contribution is 2.24. The van der Waals surface area contributed by atoms with E-state index in [-0.39, 0.29) is 29.7 Å². The van der Waals surface area contributed by atoms with Gasteiger partial charge in [0.05, 0.1) is 5.56 Å². The number of thiocarbonyl (C=S) groups is 1. The van der Waals surface area contributed by atoms with Gasteiger partial charge in [-0.3, -0.25) is 10.1 Å². The van der Waals surface area contributed by atoms with E-state index in [1.165, 1.54) is 12.0 Å². The third kappa shape index (κ3) is 7.56. The molecule has 1 aliphatic rings. The van der Waals surface area contributed by atoms with Gasteiger partial charge in [0, 0.05) is 5.69 Å². The number of benzene rings is 2. The maximum Gasteiger partial charge on any atom is 0.338 e. The lowest BCUT2D eigenvalue weighted by Gasteiger charge is -2.21. The minimum atomic E-state index is -0.356. The molecule has 0 atom stereocenters. The number of nitrogens with one attached hydrogen (secondary N) is 2. The zero-order valence-electron chi connectivity index (χ0n) is 19.5. The molecule has 1 aliphatic carbocycles. The van der Waals surface area contributed by atoms with Crippen molar-refractivity contribution in [3.63, 3.8) is 0 Å². The molecule has 0 aliphatic heterocycles. The van der Waals surface area contributed by atoms with Crippen molar-refractivity contribution in [3.8, 4) is 5.75 Å². The Bertz CT molecular complexity index is 982. The number of rotatable bonds is 7. The van der Waals surface area contributed by atoms with Crippen molar-refractivity contribution in [2.24, 2.45) is 0 Å². The molecule has 3 rings (SSSR count). The number of carbonyl (C=O) groups excluding carboxylic acids is 2. The van der Waals surface area contributed by atoms with Crippen LogP contribution in [0.1, 0.15) is 73.4 Å². The van der Waals surface area contributed by atoms with Gasteiger partial charge in [-0.25, -0.2) is 4.79 Å². The van der Waals surface area contributed by atoms with Crippen molar-refractivity contribution in [3.05, 3.63) is 59.2 Å². The van der Waals surface area contributed by atoms with E-state index < -0.39 is 0 Å². The Balaban J connectivity index is 1.43. The van der Waals surface area contributed by atoms with Crippen LogP contribution in [0.3, 0.4) is 0 Å². The zero-order valence-corrected chi connectivity index (χ0v) is 20.3. The summed E-state index contributed by atoms with van der Waals surface area (Å²) in [6, 6.07) is 12.6. The van der Waals surface area contributed by atoms with E-state index in [4.69, 9.17) is 21.7 Å². The Morgan fingerprint density at radius 2 is 1.76 bits per heavy atom. The van der Waals surface area contributed by atoms with E-state index in [9.17, 15) is 9.59 Å². The van der Waals surface area contributed by atoms with Crippen LogP contribution in [0.25, 0.3) is 0 Å². The number of anilines is 1. The predicted octanol–water partition coefficient (Wildman–Crippen LogP) is 5.50. The molecule has 2 N–H and O–H groups in total. The Kier molecular flexibility index (Phi) is 8.83. The minimum Gasteiger partial charge on any atom is -0.484 e. The molecule has 33 heavy (non-hydrogen) atoms. The predicted molar refractivity (Wildman–Crippen MR) is 134 cm³/mol. The van der Waals surface area contributed by atoms with E-state index in [2.05, 4.69) is 24.5 Å². The largest absolute Gasteiger partial charge is 0.484 e. The third-order valence-electron chi connectivity index (χ3n) is 5.69. The second-order valence-corrected chi connectivity index (χ2v) is 9.11. The molecule has 0 bridgehead atoms. The van der Waals surface area contributed by atoms with Gasteiger partial charge in [-0.1, -0.05) is 26.3 Å². The average Bonchev–Trinajstić information content (AvgIpc) is 2.78. The summed E-state index contributed by atoms with van der Waals surface area (Å²) >= 11 is 5.21. The Morgan fingerprint density at radius 3 is 2.39 bits per heavy atom. The minimum absolute atomic E-state index is 0.0196. The van der Waals surface area contributed by atoms with Crippen molar-refractivity contribution in [2.45, 2.75) is 64.9 Å². The van der Waals surface area contributed by atoms with Crippen molar-refractivity contribution in [1.82, 2.24) is 5.32 Å². The van der Waals surface area contributed by atoms with Crippen molar-refractivity contribution >= 4 is 34.9 Å². The summed E-state index contributed by atoms with van der Waals surface area (Å²) in [7, 11) is 0. The lowest BCUT2D eigenvalue weighted by molar-refractivity contribution is -0.121. The van der Waals surface area contributed by atoms with Gasteiger partial charge in [-0.05, 0) is 98.3 Å². The summed E-state index contributed by atoms with van der Waals surface area (Å²) in [5, 5.41) is 5.70. The van der Waals surface area contributed by atoms with Crippen molar-refractivity contribution < 1.29 is 19.1 Å². The normalized spacial score (nSPS) is 13.9. The van der Waals surface area contributed by atoms with E-state index in [1.54, 1.807) is 24.3 Å². The molecular formula is C26H32N2O4S. The molecule has 0 radical (unpaired) electrons. The molecule has 2 aromatic carbocycles. The fraction of sp³-hybridized carbons (Fsp3) is 0.423. The van der Waals surface area contributed by atoms with Gasteiger partial charge in [-0.15, -0.1) is 0 Å². The van der Waals surface area contributed by atoms with Gasteiger partial charge in [0.25, 0.3) is 5.91 Å². The quantitative estimate of drug-likeness (QED) is 0.413. The summed E-state index contributed by atoms with van der Waals surface area (Å²) in [6.07, 6.45) is 5.32. The maximum absolute atomic E-state index is 12.3. The number of aryl methyl sites for hydroxylation is 1. The van der Waals surface area contributed by atoms with Crippen molar-refractivity contribution in [2.75, 3.05) is 11.9 Å². The van der Waals surface area contributed by atoms with E-state index in [0.717, 1.165) is 31.2 Å². The summed E-state index contributed by atoms with van der Waals surface area (Å²) in [4.78, 5) is 24.5. The summed E-state index contributed by atoms with van der Waals surface area (Å²) < 4.78 is 11.2. The summed E-state index contributed by atoms with van der Waals surface area (Å²) in [6.45, 7) is 6.17. The van der Waals surface area contributed by atoms with Crippen LogP contribution in [0.2, 0.25) is 0 Å². The molecule has 0 unspecified atom stereocenters. The van der Waals surface area contributed by atoms with Crippen LogP contribution in [0.4, 0.5) is 5.69 Å². The molecule has 176 valence electrons. The Labute approximate surface area is 201 Å². The van der Waals surface area contributed by atoms with E-state index >= 15 is 0 Å². The zero-order chi connectivity index (χ0) is 23.8. The molecule has 1 amide bonds. The van der Waals surface area contributed by atoms with Gasteiger partial charge in [0.1, 0.15) is 11.9 Å². The molecule has 0 saturated heterocycles. The molecule has 7 heteroatoms. The van der Waals surface area contributed by atoms with Gasteiger partial charge in [-0.2, -0.15) is 0 Å². The molecule has 2 aromatic rings. The highest BCUT2D eigenvalue weighted by atomic mass is 32.1. The number of esters is 1. The molecule has 0 heterocycles. The first kappa shape index (κ1) is 24.7. The maximum atomic E-state index is 12.3. The molecular weight excluding hydrogens is 436 g/mol. The standard InChI is InChI=1S/C26H32N2O4S/c1-17(2)23-14-13-22(15-18(23)3)31-16-24(29)28-26(33)27-20-11-9-19(10-12-20)25(30)32-21-7-5-4-6-8-21/h9-15,17,21H,4-8,16H2,1-3H3,(H2,27,28,29,33). The molecule has 1 fully saturated rings. The lowest BCUT2D eigenvalue weighted by Crippen LogP contribution is -2.37. The van der Waals surface area contributed by atoms with Crippen LogP contribution in [0, 0.1) is 6.92 Å². The van der Waals surface area contributed by atoms with Gasteiger partial charge in [0.15, 0.2) is 11.7 Å². The SMILES string of the molecule is Cc1cc(OCC(=O)NC(=S)Nc2ccc(C(=O)OC3CCCCC3)cc2)ccc1C(C)C. The van der Waals surface area contributed by atoms with Crippen molar-refractivity contribution in [1.29, 1.82) is 0 Å². The number of hydrogen-bond donors (Lipinski definition) is 2. The van der Waals surface area contributed by atoms with Crippen LogP contribution in [0.15, 0.2) is 42.5 Å². The Hall–Kier alpha value is -2.93. The number of carbonyl (C=O) groups is 2. The Morgan fingerprint density at radius 1 is 1.06 bits per heavy atom. The molecule has 0 aromatic heterocycles. The first-order chi connectivity index (χ1) is 15.8. The third-order valence-corrected chi connectivity index (χ3v) is 5.89. The number of ether oxygens (including phenoxy) is 2. The fourth-order valence-electron chi connectivity index (χ4n) is 3.95. The average molecular weight is 469 g/mol. The lowest BCUT2D eigenvalue weighted by atomic mass is 9.98. The van der Waals surface area contributed by atoms with E-state index in [1.807, 2.05) is 25.1 Å². The molecule has 1 saturated carbocycles. The smallest absolute Gasteiger partial charge is 0.338 e. The van der Waals surface area contributed by atoms with Crippen LogP contribution in [-0.2, 0) is 9.53 Å². The highest BCUT2D eigenvalue weighted by Gasteiger charge is 2.18. The van der Waals surface area contributed by atoms with Gasteiger partial charge < -0.3 is 14.8 Å². The number of amides is 1. The molecule has 6 nitrogen and oxygen atoms in total. The summed E-state index contributed by atoms with van der Waals surface area (Å²) in [5.74, 6) is 0.410. The fourth-order valence-corrected chi connectivity index (χ4v) is 4.18. The van der Waals surface area contributed by atoms with Crippen LogP contribution >= 0.6 is 12.2 Å². The monoisotopic (exact) mass is 468 g/mol. The van der Waals surface area contributed by atoms with Gasteiger partial charge in [0.2, 0.25) is 0 Å². The summed E-state index contributed by atoms with van der Waals surface area (Å²) in [5.41, 5.74) is 3.54. The second kappa shape index (κ2) is 11.8. The first-order valence-electron chi connectivity index (χ1n) is 11.5.